The second-order valence-electron chi connectivity index (χ2n) is 5.16. The molecule has 0 aliphatic rings. The summed E-state index contributed by atoms with van der Waals surface area (Å²) >= 11 is 4.95. The Morgan fingerprint density at radius 3 is 3.00 bits per heavy atom. The van der Waals surface area contributed by atoms with E-state index in [9.17, 15) is 0 Å². The van der Waals surface area contributed by atoms with Gasteiger partial charge in [0.25, 0.3) is 0 Å². The number of hydrogen-bond acceptors (Lipinski definition) is 7. The first-order valence-corrected chi connectivity index (χ1v) is 10.1. The largest absolute Gasteiger partial charge is 0.240 e. The summed E-state index contributed by atoms with van der Waals surface area (Å²) in [6.45, 7) is 2.06. The molecule has 0 fully saturated rings. The molecule has 3 heterocycles. The first kappa shape index (κ1) is 15.5. The number of aryl methyl sites for hydroxylation is 1. The van der Waals surface area contributed by atoms with Crippen molar-refractivity contribution < 1.29 is 0 Å². The summed E-state index contributed by atoms with van der Waals surface area (Å²) in [6, 6.07) is 10.2. The highest BCUT2D eigenvalue weighted by Gasteiger charge is 2.11. The van der Waals surface area contributed by atoms with Crippen LogP contribution in [-0.4, -0.2) is 25.2 Å². The maximum Gasteiger partial charge on any atom is 0.214 e. The minimum Gasteiger partial charge on any atom is -0.240 e. The molecule has 0 unspecified atom stereocenters. The molecule has 0 saturated carbocycles. The molecule has 120 valence electrons. The van der Waals surface area contributed by atoms with Crippen LogP contribution in [0, 0.1) is 6.92 Å². The van der Waals surface area contributed by atoms with Crippen molar-refractivity contribution in [2.45, 2.75) is 17.8 Å². The molecule has 0 saturated heterocycles. The van der Waals surface area contributed by atoms with Gasteiger partial charge in [-0.3, -0.25) is 0 Å². The van der Waals surface area contributed by atoms with Gasteiger partial charge >= 0.3 is 0 Å². The molecular formula is C16H13N5S3. The lowest BCUT2D eigenvalue weighted by molar-refractivity contribution is 0.755. The Bertz CT molecular complexity index is 942. The standard InChI is InChI=1S/C16H13N5S3/c1-11-3-2-4-14(7-11)21-16(18-19-20-21)24-10-13-9-23-15(17-13)12-5-6-22-8-12/h2-9H,10H2,1H3. The molecule has 0 spiro atoms. The van der Waals surface area contributed by atoms with Crippen LogP contribution >= 0.6 is 34.4 Å². The van der Waals surface area contributed by atoms with Crippen molar-refractivity contribution in [2.75, 3.05) is 0 Å². The highest BCUT2D eigenvalue weighted by molar-refractivity contribution is 7.98. The molecule has 0 amide bonds. The Morgan fingerprint density at radius 2 is 2.17 bits per heavy atom. The molecule has 8 heteroatoms. The third-order valence-corrected chi connectivity index (χ3v) is 5.93. The van der Waals surface area contributed by atoms with Crippen molar-refractivity contribution in [2.24, 2.45) is 0 Å². The van der Waals surface area contributed by atoms with E-state index < -0.39 is 0 Å². The molecule has 0 radical (unpaired) electrons. The summed E-state index contributed by atoms with van der Waals surface area (Å²) in [6.07, 6.45) is 0. The quantitative estimate of drug-likeness (QED) is 0.485. The third-order valence-electron chi connectivity index (χ3n) is 3.36. The van der Waals surface area contributed by atoms with Gasteiger partial charge in [0.1, 0.15) is 5.01 Å². The van der Waals surface area contributed by atoms with E-state index in [1.54, 1.807) is 39.1 Å². The van der Waals surface area contributed by atoms with Gasteiger partial charge in [-0.05, 0) is 46.5 Å². The topological polar surface area (TPSA) is 56.5 Å². The summed E-state index contributed by atoms with van der Waals surface area (Å²) in [5, 5.41) is 20.2. The van der Waals surface area contributed by atoms with E-state index in [1.165, 1.54) is 11.1 Å². The van der Waals surface area contributed by atoms with Crippen LogP contribution in [0.5, 0.6) is 0 Å². The van der Waals surface area contributed by atoms with Crippen molar-refractivity contribution >= 4 is 34.4 Å². The van der Waals surface area contributed by atoms with Crippen molar-refractivity contribution in [1.82, 2.24) is 25.2 Å². The Balaban J connectivity index is 1.50. The van der Waals surface area contributed by atoms with Crippen molar-refractivity contribution in [1.29, 1.82) is 0 Å². The number of thiazole rings is 1. The van der Waals surface area contributed by atoms with Gasteiger partial charge in [0.15, 0.2) is 0 Å². The number of benzene rings is 1. The molecule has 1 aromatic carbocycles. The Labute approximate surface area is 151 Å². The Kier molecular flexibility index (Phi) is 4.42. The van der Waals surface area contributed by atoms with Crippen LogP contribution in [0.4, 0.5) is 0 Å². The van der Waals surface area contributed by atoms with E-state index in [2.05, 4.69) is 56.8 Å². The van der Waals surface area contributed by atoms with Crippen molar-refractivity contribution in [3.63, 3.8) is 0 Å². The SMILES string of the molecule is Cc1cccc(-n2nnnc2SCc2csc(-c3ccsc3)n2)c1. The zero-order valence-corrected chi connectivity index (χ0v) is 15.2. The van der Waals surface area contributed by atoms with Gasteiger partial charge in [-0.1, -0.05) is 23.9 Å². The summed E-state index contributed by atoms with van der Waals surface area (Å²) in [4.78, 5) is 4.70. The number of tetrazole rings is 1. The minimum absolute atomic E-state index is 0.743. The molecule has 0 bridgehead atoms. The summed E-state index contributed by atoms with van der Waals surface area (Å²) in [5.74, 6) is 0.743. The monoisotopic (exact) mass is 371 g/mol. The van der Waals surface area contributed by atoms with E-state index in [0.717, 1.165) is 27.3 Å². The van der Waals surface area contributed by atoms with Crippen LogP contribution in [-0.2, 0) is 5.75 Å². The van der Waals surface area contributed by atoms with E-state index >= 15 is 0 Å². The first-order valence-electron chi connectivity index (χ1n) is 7.25. The van der Waals surface area contributed by atoms with Crippen molar-refractivity contribution in [3.8, 4) is 16.3 Å². The second kappa shape index (κ2) is 6.84. The maximum absolute atomic E-state index is 4.70. The highest BCUT2D eigenvalue weighted by atomic mass is 32.2. The number of nitrogens with zero attached hydrogens (tertiary/aromatic N) is 5. The molecule has 3 aromatic heterocycles. The zero-order chi connectivity index (χ0) is 16.4. The van der Waals surface area contributed by atoms with Crippen molar-refractivity contribution in [3.05, 3.63) is 57.7 Å². The number of thioether (sulfide) groups is 1. The molecule has 0 aliphatic carbocycles. The molecule has 5 nitrogen and oxygen atoms in total. The van der Waals surface area contributed by atoms with Gasteiger partial charge in [0.05, 0.1) is 11.4 Å². The van der Waals surface area contributed by atoms with E-state index in [1.807, 2.05) is 12.1 Å². The minimum atomic E-state index is 0.743. The number of rotatable bonds is 5. The fraction of sp³-hybridized carbons (Fsp3) is 0.125. The smallest absolute Gasteiger partial charge is 0.214 e. The average Bonchev–Trinajstić information content (AvgIpc) is 3.33. The van der Waals surface area contributed by atoms with Gasteiger partial charge in [0, 0.05) is 22.1 Å². The molecule has 0 atom stereocenters. The Hall–Kier alpha value is -2.03. The highest BCUT2D eigenvalue weighted by Crippen LogP contribution is 2.29. The van der Waals surface area contributed by atoms with E-state index in [0.29, 0.717) is 0 Å². The summed E-state index contributed by atoms with van der Waals surface area (Å²) in [5.41, 5.74) is 4.38. The van der Waals surface area contributed by atoms with Crippen LogP contribution in [0.2, 0.25) is 0 Å². The predicted octanol–water partition coefficient (Wildman–Crippen LogP) is 4.45. The number of hydrogen-bond donors (Lipinski definition) is 0. The van der Waals surface area contributed by atoms with Crippen LogP contribution in [0.15, 0.2) is 51.6 Å². The van der Waals surface area contributed by atoms with Crippen LogP contribution in [0.25, 0.3) is 16.3 Å². The third kappa shape index (κ3) is 3.26. The van der Waals surface area contributed by atoms with Crippen LogP contribution in [0.1, 0.15) is 11.3 Å². The Morgan fingerprint density at radius 1 is 1.21 bits per heavy atom. The van der Waals surface area contributed by atoms with E-state index in [4.69, 9.17) is 4.98 Å². The first-order chi connectivity index (χ1) is 11.8. The molecule has 24 heavy (non-hydrogen) atoms. The summed E-state index contributed by atoms with van der Waals surface area (Å²) in [7, 11) is 0. The number of thiophene rings is 1. The van der Waals surface area contributed by atoms with Gasteiger partial charge in [0.2, 0.25) is 5.16 Å². The predicted molar refractivity (Wildman–Crippen MR) is 98.9 cm³/mol. The lowest BCUT2D eigenvalue weighted by Crippen LogP contribution is -1.99. The lowest BCUT2D eigenvalue weighted by atomic mass is 10.2. The fourth-order valence-corrected chi connectivity index (χ4v) is 4.64. The van der Waals surface area contributed by atoms with Gasteiger partial charge in [-0.2, -0.15) is 16.0 Å². The second-order valence-corrected chi connectivity index (χ2v) is 7.74. The zero-order valence-electron chi connectivity index (χ0n) is 12.8. The summed E-state index contributed by atoms with van der Waals surface area (Å²) < 4.78 is 1.77. The van der Waals surface area contributed by atoms with Gasteiger partial charge < -0.3 is 0 Å². The lowest BCUT2D eigenvalue weighted by Gasteiger charge is -2.04. The molecule has 0 N–H and O–H groups in total. The fourth-order valence-electron chi connectivity index (χ4n) is 2.22. The van der Waals surface area contributed by atoms with Crippen LogP contribution < -0.4 is 0 Å². The molecule has 0 aliphatic heterocycles. The van der Waals surface area contributed by atoms with E-state index in [-0.39, 0.29) is 0 Å². The molecule has 4 rings (SSSR count). The normalized spacial score (nSPS) is 11.0. The van der Waals surface area contributed by atoms with Gasteiger partial charge in [-0.15, -0.1) is 16.4 Å². The molecule has 4 aromatic rings. The van der Waals surface area contributed by atoms with Gasteiger partial charge in [-0.25, -0.2) is 4.98 Å². The maximum atomic E-state index is 4.70. The number of aromatic nitrogens is 5. The van der Waals surface area contributed by atoms with Crippen LogP contribution in [0.3, 0.4) is 0 Å². The average molecular weight is 372 g/mol. The molecular weight excluding hydrogens is 358 g/mol.